The van der Waals surface area contributed by atoms with Crippen LogP contribution in [-0.4, -0.2) is 62.4 Å². The van der Waals surface area contributed by atoms with Crippen LogP contribution in [0.5, 0.6) is 17.2 Å². The van der Waals surface area contributed by atoms with E-state index in [1.54, 1.807) is 20.3 Å². The molecule has 7 nitrogen and oxygen atoms in total. The summed E-state index contributed by atoms with van der Waals surface area (Å²) in [6, 6.07) is 12.8. The number of piperazine rings is 1. The van der Waals surface area contributed by atoms with Gasteiger partial charge >= 0.3 is 0 Å². The summed E-state index contributed by atoms with van der Waals surface area (Å²) < 4.78 is 10.6. The van der Waals surface area contributed by atoms with Crippen molar-refractivity contribution >= 4 is 11.6 Å². The second-order valence-corrected chi connectivity index (χ2v) is 7.09. The van der Waals surface area contributed by atoms with Gasteiger partial charge in [0.2, 0.25) is 5.91 Å². The molecule has 0 unspecified atom stereocenters. The van der Waals surface area contributed by atoms with Crippen LogP contribution in [0.3, 0.4) is 0 Å². The predicted molar refractivity (Wildman–Crippen MR) is 113 cm³/mol. The van der Waals surface area contributed by atoms with Crippen LogP contribution in [0.15, 0.2) is 42.5 Å². The number of hydrogen-bond acceptors (Lipinski definition) is 6. The van der Waals surface area contributed by atoms with Gasteiger partial charge in [-0.1, -0.05) is 18.2 Å². The van der Waals surface area contributed by atoms with Crippen molar-refractivity contribution in [1.82, 2.24) is 10.2 Å². The maximum absolute atomic E-state index is 12.6. The minimum atomic E-state index is -0.221. The standard InChI is InChI=1S/C22H29N3O4/c1-16(22(27)23-15-17-8-9-20(28-2)21(14-17)29-3)24-10-12-25(13-11-24)18-6-4-5-7-19(18)26/h4-9,14,16,26H,10-13,15H2,1-3H3,(H,23,27)/t16-/m1/s1. The monoisotopic (exact) mass is 399 g/mol. The van der Waals surface area contributed by atoms with E-state index in [0.717, 1.165) is 37.4 Å². The normalized spacial score (nSPS) is 15.6. The Kier molecular flexibility index (Phi) is 6.82. The Labute approximate surface area is 171 Å². The topological polar surface area (TPSA) is 74.3 Å². The van der Waals surface area contributed by atoms with Gasteiger partial charge < -0.3 is 24.8 Å². The molecule has 3 rings (SSSR count). The summed E-state index contributed by atoms with van der Waals surface area (Å²) in [4.78, 5) is 17.0. The van der Waals surface area contributed by atoms with E-state index in [4.69, 9.17) is 9.47 Å². The third-order valence-electron chi connectivity index (χ3n) is 5.38. The number of hydrogen-bond donors (Lipinski definition) is 2. The fourth-order valence-corrected chi connectivity index (χ4v) is 3.57. The number of carbonyl (C=O) groups is 1. The molecule has 0 aliphatic carbocycles. The van der Waals surface area contributed by atoms with Crippen LogP contribution in [0, 0.1) is 0 Å². The first-order valence-electron chi connectivity index (χ1n) is 9.79. The summed E-state index contributed by atoms with van der Waals surface area (Å²) >= 11 is 0. The van der Waals surface area contributed by atoms with E-state index in [1.165, 1.54) is 0 Å². The molecule has 0 bridgehead atoms. The molecular weight excluding hydrogens is 370 g/mol. The van der Waals surface area contributed by atoms with Crippen molar-refractivity contribution in [2.45, 2.75) is 19.5 Å². The number of phenols is 1. The lowest BCUT2D eigenvalue weighted by molar-refractivity contribution is -0.126. The molecule has 0 aromatic heterocycles. The fraction of sp³-hybridized carbons (Fsp3) is 0.409. The Bertz CT molecular complexity index is 835. The Morgan fingerprint density at radius 2 is 1.76 bits per heavy atom. The summed E-state index contributed by atoms with van der Waals surface area (Å²) in [7, 11) is 3.19. The Morgan fingerprint density at radius 3 is 2.41 bits per heavy atom. The Hall–Kier alpha value is -2.93. The highest BCUT2D eigenvalue weighted by molar-refractivity contribution is 5.81. The molecule has 29 heavy (non-hydrogen) atoms. The number of benzene rings is 2. The fourth-order valence-electron chi connectivity index (χ4n) is 3.57. The quantitative estimate of drug-likeness (QED) is 0.744. The highest BCUT2D eigenvalue weighted by Gasteiger charge is 2.26. The van der Waals surface area contributed by atoms with Crippen LogP contribution < -0.4 is 19.7 Å². The van der Waals surface area contributed by atoms with Crippen LogP contribution in [0.25, 0.3) is 0 Å². The van der Waals surface area contributed by atoms with Gasteiger partial charge in [-0.05, 0) is 36.8 Å². The molecule has 1 aliphatic rings. The van der Waals surface area contributed by atoms with Crippen LogP contribution in [0.1, 0.15) is 12.5 Å². The summed E-state index contributed by atoms with van der Waals surface area (Å²) in [5.41, 5.74) is 1.80. The molecule has 2 N–H and O–H groups in total. The van der Waals surface area contributed by atoms with Gasteiger partial charge in [0.05, 0.1) is 25.9 Å². The molecule has 7 heteroatoms. The van der Waals surface area contributed by atoms with Crippen molar-refractivity contribution < 1.29 is 19.4 Å². The largest absolute Gasteiger partial charge is 0.506 e. The summed E-state index contributed by atoms with van der Waals surface area (Å²) in [5.74, 6) is 1.60. The first-order chi connectivity index (χ1) is 14.0. The van der Waals surface area contributed by atoms with E-state index in [-0.39, 0.29) is 11.9 Å². The predicted octanol–water partition coefficient (Wildman–Crippen LogP) is 2.24. The van der Waals surface area contributed by atoms with Gasteiger partial charge in [0.25, 0.3) is 0 Å². The average Bonchev–Trinajstić information content (AvgIpc) is 2.77. The SMILES string of the molecule is COc1ccc(CNC(=O)[C@@H](C)N2CCN(c3ccccc3O)CC2)cc1OC. The molecule has 2 aromatic rings. The van der Waals surface area contributed by atoms with Gasteiger partial charge in [0, 0.05) is 32.7 Å². The number of rotatable bonds is 7. The summed E-state index contributed by atoms with van der Waals surface area (Å²) in [6.07, 6.45) is 0. The first kappa shape index (κ1) is 20.8. The number of methoxy groups -OCH3 is 2. The third kappa shape index (κ3) is 4.92. The summed E-state index contributed by atoms with van der Waals surface area (Å²) in [6.45, 7) is 5.43. The zero-order valence-electron chi connectivity index (χ0n) is 17.2. The van der Waals surface area contributed by atoms with Crippen LogP contribution in [0.4, 0.5) is 5.69 Å². The second-order valence-electron chi connectivity index (χ2n) is 7.09. The number of nitrogens with zero attached hydrogens (tertiary/aromatic N) is 2. The summed E-state index contributed by atoms with van der Waals surface area (Å²) in [5, 5.41) is 13.0. The molecule has 156 valence electrons. The zero-order chi connectivity index (χ0) is 20.8. The molecule has 1 saturated heterocycles. The highest BCUT2D eigenvalue weighted by Crippen LogP contribution is 2.28. The number of ether oxygens (including phenoxy) is 2. The number of phenolic OH excluding ortho intramolecular Hbond substituents is 1. The first-order valence-corrected chi connectivity index (χ1v) is 9.79. The number of anilines is 1. The van der Waals surface area contributed by atoms with E-state index in [1.807, 2.05) is 43.3 Å². The average molecular weight is 399 g/mol. The minimum absolute atomic E-state index is 0.00390. The van der Waals surface area contributed by atoms with Crippen LogP contribution in [0.2, 0.25) is 0 Å². The number of nitrogens with one attached hydrogen (secondary N) is 1. The van der Waals surface area contributed by atoms with E-state index < -0.39 is 0 Å². The van der Waals surface area contributed by atoms with Crippen molar-refractivity contribution in [3.8, 4) is 17.2 Å². The lowest BCUT2D eigenvalue weighted by atomic mass is 10.1. The molecular formula is C22H29N3O4. The van der Waals surface area contributed by atoms with Crippen LogP contribution >= 0.6 is 0 Å². The second kappa shape index (κ2) is 9.52. The molecule has 1 amide bonds. The molecule has 1 heterocycles. The maximum atomic E-state index is 12.6. The van der Waals surface area contributed by atoms with E-state index in [9.17, 15) is 9.90 Å². The maximum Gasteiger partial charge on any atom is 0.237 e. The smallest absolute Gasteiger partial charge is 0.237 e. The molecule has 0 saturated carbocycles. The number of carbonyl (C=O) groups excluding carboxylic acids is 1. The van der Waals surface area contributed by atoms with Gasteiger partial charge in [-0.2, -0.15) is 0 Å². The molecule has 0 spiro atoms. The van der Waals surface area contributed by atoms with Crippen molar-refractivity contribution in [3.63, 3.8) is 0 Å². The van der Waals surface area contributed by atoms with Gasteiger partial charge in [-0.15, -0.1) is 0 Å². The molecule has 2 aromatic carbocycles. The number of aromatic hydroxyl groups is 1. The van der Waals surface area contributed by atoms with Gasteiger partial charge in [0.15, 0.2) is 11.5 Å². The Morgan fingerprint density at radius 1 is 1.07 bits per heavy atom. The Balaban J connectivity index is 1.51. The van der Waals surface area contributed by atoms with Crippen LogP contribution in [-0.2, 0) is 11.3 Å². The molecule has 1 fully saturated rings. The van der Waals surface area contributed by atoms with Gasteiger partial charge in [0.1, 0.15) is 5.75 Å². The van der Waals surface area contributed by atoms with E-state index >= 15 is 0 Å². The van der Waals surface area contributed by atoms with E-state index in [2.05, 4.69) is 15.1 Å². The van der Waals surface area contributed by atoms with Crippen molar-refractivity contribution in [2.24, 2.45) is 0 Å². The molecule has 0 radical (unpaired) electrons. The molecule has 1 aliphatic heterocycles. The lowest BCUT2D eigenvalue weighted by Gasteiger charge is -2.38. The number of amides is 1. The van der Waals surface area contributed by atoms with Crippen molar-refractivity contribution in [3.05, 3.63) is 48.0 Å². The lowest BCUT2D eigenvalue weighted by Crippen LogP contribution is -2.53. The number of para-hydroxylation sites is 2. The van der Waals surface area contributed by atoms with E-state index in [0.29, 0.717) is 23.8 Å². The highest BCUT2D eigenvalue weighted by atomic mass is 16.5. The van der Waals surface area contributed by atoms with Crippen molar-refractivity contribution in [1.29, 1.82) is 0 Å². The molecule has 1 atom stereocenters. The zero-order valence-corrected chi connectivity index (χ0v) is 17.2. The van der Waals surface area contributed by atoms with Gasteiger partial charge in [-0.3, -0.25) is 9.69 Å². The third-order valence-corrected chi connectivity index (χ3v) is 5.38. The van der Waals surface area contributed by atoms with Gasteiger partial charge in [-0.25, -0.2) is 0 Å². The minimum Gasteiger partial charge on any atom is -0.506 e. The van der Waals surface area contributed by atoms with Crippen molar-refractivity contribution in [2.75, 3.05) is 45.3 Å².